The summed E-state index contributed by atoms with van der Waals surface area (Å²) in [5, 5.41) is 3.64. The number of nitrogen functional groups attached to an aromatic ring is 1. The topological polar surface area (TPSA) is 61.3 Å². The van der Waals surface area contributed by atoms with Crippen LogP contribution < -0.4 is 10.5 Å². The fourth-order valence-electron chi connectivity index (χ4n) is 1.51. The molecule has 2 N–H and O–H groups in total. The Kier molecular flexibility index (Phi) is 3.10. The highest BCUT2D eigenvalue weighted by atomic mass is 16.5. The molecule has 4 heteroatoms. The molecule has 0 unspecified atom stereocenters. The van der Waals surface area contributed by atoms with Gasteiger partial charge in [-0.3, -0.25) is 0 Å². The molecule has 0 aliphatic rings. The first kappa shape index (κ1) is 10.5. The number of hydrogen-bond acceptors (Lipinski definition) is 4. The van der Waals surface area contributed by atoms with Gasteiger partial charge < -0.3 is 15.0 Å². The second kappa shape index (κ2) is 4.70. The Morgan fingerprint density at radius 2 is 2.00 bits per heavy atom. The van der Waals surface area contributed by atoms with Gasteiger partial charge in [-0.05, 0) is 24.1 Å². The molecule has 0 aliphatic heterocycles. The molecular weight excluding hydrogens is 204 g/mol. The summed E-state index contributed by atoms with van der Waals surface area (Å²) in [4.78, 5) is 0. The highest BCUT2D eigenvalue weighted by molar-refractivity contribution is 5.29. The molecule has 0 fully saturated rings. The van der Waals surface area contributed by atoms with Gasteiger partial charge in [0.15, 0.2) is 5.82 Å². The van der Waals surface area contributed by atoms with Crippen LogP contribution >= 0.6 is 0 Å². The molecule has 0 aliphatic carbocycles. The quantitative estimate of drug-likeness (QED) is 0.853. The minimum atomic E-state index is 0.435. The van der Waals surface area contributed by atoms with Crippen LogP contribution in [0.3, 0.4) is 0 Å². The molecule has 16 heavy (non-hydrogen) atoms. The van der Waals surface area contributed by atoms with Crippen LogP contribution in [0.15, 0.2) is 34.9 Å². The van der Waals surface area contributed by atoms with Crippen LogP contribution in [0.2, 0.25) is 0 Å². The van der Waals surface area contributed by atoms with E-state index in [9.17, 15) is 0 Å². The van der Waals surface area contributed by atoms with Gasteiger partial charge in [0.05, 0.1) is 7.11 Å². The lowest BCUT2D eigenvalue weighted by atomic mass is 10.1. The number of anilines is 1. The second-order valence-corrected chi connectivity index (χ2v) is 3.57. The number of hydrogen-bond donors (Lipinski definition) is 1. The van der Waals surface area contributed by atoms with Crippen molar-refractivity contribution in [3.63, 3.8) is 0 Å². The first-order chi connectivity index (χ1) is 7.78. The molecule has 1 aromatic heterocycles. The maximum absolute atomic E-state index is 5.46. The van der Waals surface area contributed by atoms with Crippen LogP contribution in [0, 0.1) is 0 Å². The molecule has 0 saturated heterocycles. The molecule has 0 bridgehead atoms. The van der Waals surface area contributed by atoms with Crippen LogP contribution in [0.5, 0.6) is 5.75 Å². The van der Waals surface area contributed by atoms with Gasteiger partial charge in [0.2, 0.25) is 0 Å². The van der Waals surface area contributed by atoms with Crippen molar-refractivity contribution in [1.82, 2.24) is 5.16 Å². The molecule has 0 atom stereocenters. The van der Waals surface area contributed by atoms with E-state index in [1.807, 2.05) is 24.3 Å². The number of nitrogens with zero attached hydrogens (tertiary/aromatic N) is 1. The largest absolute Gasteiger partial charge is 0.497 e. The molecule has 0 radical (unpaired) electrons. The smallest absolute Gasteiger partial charge is 0.167 e. The lowest BCUT2D eigenvalue weighted by Gasteiger charge is -2.01. The molecule has 0 spiro atoms. The average molecular weight is 218 g/mol. The van der Waals surface area contributed by atoms with E-state index in [4.69, 9.17) is 15.0 Å². The maximum Gasteiger partial charge on any atom is 0.167 e. The minimum absolute atomic E-state index is 0.435. The Bertz CT molecular complexity index is 448. The third kappa shape index (κ3) is 2.53. The Balaban J connectivity index is 1.94. The zero-order valence-corrected chi connectivity index (χ0v) is 9.14. The monoisotopic (exact) mass is 218 g/mol. The summed E-state index contributed by atoms with van der Waals surface area (Å²) >= 11 is 0. The van der Waals surface area contributed by atoms with Gasteiger partial charge in [0.1, 0.15) is 11.5 Å². The van der Waals surface area contributed by atoms with Crippen LogP contribution in [0.4, 0.5) is 5.82 Å². The molecular formula is C12H14N2O2. The van der Waals surface area contributed by atoms with E-state index in [2.05, 4.69) is 5.16 Å². The van der Waals surface area contributed by atoms with Crippen LogP contribution in [0.25, 0.3) is 0 Å². The predicted molar refractivity (Wildman–Crippen MR) is 61.3 cm³/mol. The summed E-state index contributed by atoms with van der Waals surface area (Å²) in [6.07, 6.45) is 1.70. The van der Waals surface area contributed by atoms with Crippen molar-refractivity contribution in [2.24, 2.45) is 0 Å². The zero-order chi connectivity index (χ0) is 11.4. The molecule has 0 amide bonds. The van der Waals surface area contributed by atoms with E-state index in [1.165, 1.54) is 5.56 Å². The molecule has 0 saturated carbocycles. The van der Waals surface area contributed by atoms with Crippen LogP contribution in [-0.2, 0) is 12.8 Å². The number of aromatic nitrogens is 1. The van der Waals surface area contributed by atoms with Gasteiger partial charge in [0.25, 0.3) is 0 Å². The Morgan fingerprint density at radius 1 is 1.25 bits per heavy atom. The van der Waals surface area contributed by atoms with Crippen LogP contribution in [-0.4, -0.2) is 12.3 Å². The van der Waals surface area contributed by atoms with Crippen molar-refractivity contribution >= 4 is 5.82 Å². The Morgan fingerprint density at radius 3 is 2.56 bits per heavy atom. The first-order valence-electron chi connectivity index (χ1n) is 5.12. The molecule has 2 rings (SSSR count). The van der Waals surface area contributed by atoms with Gasteiger partial charge >= 0.3 is 0 Å². The van der Waals surface area contributed by atoms with Gasteiger partial charge in [-0.15, -0.1) is 0 Å². The standard InChI is InChI=1S/C12H14N2O2/c1-15-10-5-2-9(3-6-10)4-7-11-8-12(13)14-16-11/h2-3,5-6,8H,4,7H2,1H3,(H2,13,14). The number of benzene rings is 1. The first-order valence-corrected chi connectivity index (χ1v) is 5.12. The molecule has 1 aromatic carbocycles. The van der Waals surface area contributed by atoms with Crippen molar-refractivity contribution < 1.29 is 9.26 Å². The molecule has 4 nitrogen and oxygen atoms in total. The number of nitrogens with two attached hydrogens (primary N) is 1. The summed E-state index contributed by atoms with van der Waals surface area (Å²) < 4.78 is 10.1. The van der Waals surface area contributed by atoms with Gasteiger partial charge in [-0.25, -0.2) is 0 Å². The number of rotatable bonds is 4. The zero-order valence-electron chi connectivity index (χ0n) is 9.14. The van der Waals surface area contributed by atoms with Crippen molar-refractivity contribution in [3.8, 4) is 5.75 Å². The lowest BCUT2D eigenvalue weighted by molar-refractivity contribution is 0.386. The summed E-state index contributed by atoms with van der Waals surface area (Å²) in [6, 6.07) is 9.73. The SMILES string of the molecule is COc1ccc(CCc2cc(N)no2)cc1. The Hall–Kier alpha value is -1.97. The fourth-order valence-corrected chi connectivity index (χ4v) is 1.51. The third-order valence-electron chi connectivity index (χ3n) is 2.40. The maximum atomic E-state index is 5.46. The van der Waals surface area contributed by atoms with Crippen LogP contribution in [0.1, 0.15) is 11.3 Å². The number of methoxy groups -OCH3 is 1. The van der Waals surface area contributed by atoms with Crippen molar-refractivity contribution in [1.29, 1.82) is 0 Å². The van der Waals surface area contributed by atoms with E-state index < -0.39 is 0 Å². The number of aryl methyl sites for hydroxylation is 2. The predicted octanol–water partition coefficient (Wildman–Crippen LogP) is 2.05. The molecule has 1 heterocycles. The second-order valence-electron chi connectivity index (χ2n) is 3.57. The number of ether oxygens (including phenoxy) is 1. The molecule has 84 valence electrons. The summed E-state index contributed by atoms with van der Waals surface area (Å²) in [5.41, 5.74) is 6.70. The highest BCUT2D eigenvalue weighted by Crippen LogP contribution is 2.14. The average Bonchev–Trinajstić information content (AvgIpc) is 2.73. The van der Waals surface area contributed by atoms with E-state index in [0.29, 0.717) is 5.82 Å². The van der Waals surface area contributed by atoms with Crippen molar-refractivity contribution in [3.05, 3.63) is 41.7 Å². The summed E-state index contributed by atoms with van der Waals surface area (Å²) in [7, 11) is 1.66. The van der Waals surface area contributed by atoms with E-state index >= 15 is 0 Å². The molecule has 2 aromatic rings. The Labute approximate surface area is 94.0 Å². The fraction of sp³-hybridized carbons (Fsp3) is 0.250. The van der Waals surface area contributed by atoms with Crippen molar-refractivity contribution in [2.45, 2.75) is 12.8 Å². The highest BCUT2D eigenvalue weighted by Gasteiger charge is 2.02. The lowest BCUT2D eigenvalue weighted by Crippen LogP contribution is -1.90. The van der Waals surface area contributed by atoms with E-state index in [-0.39, 0.29) is 0 Å². The summed E-state index contributed by atoms with van der Waals surface area (Å²) in [5.74, 6) is 2.12. The third-order valence-corrected chi connectivity index (χ3v) is 2.40. The normalized spacial score (nSPS) is 10.3. The van der Waals surface area contributed by atoms with E-state index in [1.54, 1.807) is 13.2 Å². The minimum Gasteiger partial charge on any atom is -0.497 e. The summed E-state index contributed by atoms with van der Waals surface area (Å²) in [6.45, 7) is 0. The van der Waals surface area contributed by atoms with E-state index in [0.717, 1.165) is 24.4 Å². The van der Waals surface area contributed by atoms with Gasteiger partial charge in [-0.1, -0.05) is 17.3 Å². The van der Waals surface area contributed by atoms with Crippen molar-refractivity contribution in [2.75, 3.05) is 12.8 Å². The van der Waals surface area contributed by atoms with Gasteiger partial charge in [0, 0.05) is 12.5 Å². The van der Waals surface area contributed by atoms with Gasteiger partial charge in [-0.2, -0.15) is 0 Å².